The summed E-state index contributed by atoms with van der Waals surface area (Å²) in [6, 6.07) is 18.1. The Labute approximate surface area is 256 Å². The number of fused-ring (bicyclic) bond motifs is 1. The van der Waals surface area contributed by atoms with Crippen molar-refractivity contribution >= 4 is 11.0 Å². The van der Waals surface area contributed by atoms with E-state index in [0.717, 1.165) is 74.6 Å². The lowest BCUT2D eigenvalue weighted by molar-refractivity contribution is -0.341. The number of benzene rings is 1. The van der Waals surface area contributed by atoms with Crippen molar-refractivity contribution in [2.24, 2.45) is 0 Å². The van der Waals surface area contributed by atoms with Crippen LogP contribution in [0.15, 0.2) is 90.0 Å². The molecule has 3 unspecified atom stereocenters. The van der Waals surface area contributed by atoms with Crippen LogP contribution < -0.4 is 5.32 Å². The van der Waals surface area contributed by atoms with E-state index in [4.69, 9.17) is 29.1 Å². The van der Waals surface area contributed by atoms with E-state index in [-0.39, 0.29) is 0 Å². The van der Waals surface area contributed by atoms with Crippen molar-refractivity contribution in [1.29, 1.82) is 0 Å². The summed E-state index contributed by atoms with van der Waals surface area (Å²) < 4.78 is 14.5. The molecule has 3 fully saturated rings. The van der Waals surface area contributed by atoms with Crippen LogP contribution in [0.1, 0.15) is 48.5 Å². The zero-order valence-electron chi connectivity index (χ0n) is 24.7. The lowest BCUT2D eigenvalue weighted by Crippen LogP contribution is -2.78. The van der Waals surface area contributed by atoms with Crippen LogP contribution >= 0.6 is 0 Å². The molecule has 3 saturated heterocycles. The molecule has 3 aliphatic heterocycles. The Bertz CT molecular complexity index is 1640. The van der Waals surface area contributed by atoms with E-state index in [0.29, 0.717) is 18.1 Å². The first kappa shape index (κ1) is 27.5. The van der Waals surface area contributed by atoms with Gasteiger partial charge in [-0.2, -0.15) is 0 Å². The van der Waals surface area contributed by atoms with Gasteiger partial charge in [0, 0.05) is 82.2 Å². The van der Waals surface area contributed by atoms with Crippen LogP contribution in [-0.4, -0.2) is 85.7 Å². The maximum absolute atomic E-state index is 7.61. The van der Waals surface area contributed by atoms with Crippen molar-refractivity contribution in [3.05, 3.63) is 109 Å². The summed E-state index contributed by atoms with van der Waals surface area (Å²) in [4.78, 5) is 25.8. The molecule has 0 bridgehead atoms. The number of morpholine rings is 1. The number of hydrogen-bond acceptors (Lipinski definition) is 10. The van der Waals surface area contributed by atoms with Gasteiger partial charge in [0.2, 0.25) is 5.60 Å². The first-order valence-electron chi connectivity index (χ1n) is 15.6. The van der Waals surface area contributed by atoms with Crippen molar-refractivity contribution in [1.82, 2.24) is 45.2 Å². The Balaban J connectivity index is 1.51. The first-order chi connectivity index (χ1) is 21.8. The Morgan fingerprint density at radius 2 is 1.59 bits per heavy atom. The lowest BCUT2D eigenvalue weighted by atomic mass is 9.75. The van der Waals surface area contributed by atoms with E-state index in [2.05, 4.69) is 43.4 Å². The monoisotopic (exact) mass is 591 g/mol. The summed E-state index contributed by atoms with van der Waals surface area (Å²) >= 11 is 0. The highest BCUT2D eigenvalue weighted by molar-refractivity contribution is 5.78. The summed E-state index contributed by atoms with van der Waals surface area (Å²) in [5.74, 6) is 2.07. The normalized spacial score (nSPS) is 27.5. The second-order valence-electron chi connectivity index (χ2n) is 11.7. The number of H-pyrrole nitrogens is 1. The lowest BCUT2D eigenvalue weighted by Gasteiger charge is -2.64. The maximum Gasteiger partial charge on any atom is 0.208 e. The molecule has 0 spiro atoms. The highest BCUT2D eigenvalue weighted by Gasteiger charge is 2.71. The smallest absolute Gasteiger partial charge is 0.208 e. The fourth-order valence-electron chi connectivity index (χ4n) is 7.43. The number of pyridine rings is 1. The molecule has 0 amide bonds. The van der Waals surface area contributed by atoms with Crippen molar-refractivity contribution in [2.75, 3.05) is 45.8 Å². The number of imidazole rings is 1. The topological polar surface area (TPSA) is 111 Å². The summed E-state index contributed by atoms with van der Waals surface area (Å²) in [7, 11) is 0. The van der Waals surface area contributed by atoms with E-state index in [1.54, 1.807) is 6.20 Å². The number of para-hydroxylation sites is 1. The van der Waals surface area contributed by atoms with E-state index >= 15 is 0 Å². The second-order valence-corrected chi connectivity index (χ2v) is 11.7. The van der Waals surface area contributed by atoms with Gasteiger partial charge in [-0.05, 0) is 43.2 Å². The number of nitrogens with zero attached hydrogens (tertiary/aromatic N) is 7. The van der Waals surface area contributed by atoms with E-state index in [1.165, 1.54) is 6.42 Å². The molecule has 1 aromatic carbocycles. The minimum Gasteiger partial charge on any atom is -0.457 e. The van der Waals surface area contributed by atoms with Gasteiger partial charge in [-0.25, -0.2) is 25.0 Å². The average Bonchev–Trinajstić information content (AvgIpc) is 3.80. The molecular formula is C33H37N9O2. The molecule has 7 heterocycles. The molecule has 0 saturated carbocycles. The first-order valence-corrected chi connectivity index (χ1v) is 15.6. The van der Waals surface area contributed by atoms with Crippen molar-refractivity contribution < 1.29 is 9.15 Å². The fraction of sp³-hybridized carbons (Fsp3) is 0.394. The minimum atomic E-state index is -1.30. The van der Waals surface area contributed by atoms with E-state index in [9.17, 15) is 0 Å². The minimum absolute atomic E-state index is 0.434. The Morgan fingerprint density at radius 1 is 0.795 bits per heavy atom. The van der Waals surface area contributed by atoms with Gasteiger partial charge in [0.15, 0.2) is 11.5 Å². The summed E-state index contributed by atoms with van der Waals surface area (Å²) in [5.41, 5.74) is -0.825. The van der Waals surface area contributed by atoms with Gasteiger partial charge in [0.05, 0.1) is 5.69 Å². The predicted octanol–water partition coefficient (Wildman–Crippen LogP) is 3.82. The van der Waals surface area contributed by atoms with Crippen molar-refractivity contribution in [3.63, 3.8) is 0 Å². The van der Waals surface area contributed by atoms with Crippen LogP contribution in [0, 0.1) is 0 Å². The van der Waals surface area contributed by atoms with Crippen LogP contribution in [0.5, 0.6) is 0 Å². The molecule has 4 aromatic heterocycles. The largest absolute Gasteiger partial charge is 0.457 e. The molecule has 3 aliphatic rings. The molecule has 2 N–H and O–H groups in total. The summed E-state index contributed by atoms with van der Waals surface area (Å²) in [6.07, 6.45) is 12.0. The molecule has 5 aromatic rings. The van der Waals surface area contributed by atoms with Crippen molar-refractivity contribution in [2.45, 2.75) is 36.6 Å². The number of aromatic amines is 1. The molecule has 8 rings (SSSR count). The van der Waals surface area contributed by atoms with Crippen LogP contribution in [0.2, 0.25) is 0 Å². The third-order valence-corrected chi connectivity index (χ3v) is 9.27. The van der Waals surface area contributed by atoms with E-state index in [1.807, 2.05) is 61.2 Å². The van der Waals surface area contributed by atoms with Gasteiger partial charge in [0.1, 0.15) is 23.3 Å². The van der Waals surface area contributed by atoms with Crippen molar-refractivity contribution in [3.8, 4) is 0 Å². The number of hydrogen-bond donors (Lipinski definition) is 2. The van der Waals surface area contributed by atoms with Crippen LogP contribution in [0.25, 0.3) is 11.0 Å². The standard InChI is InChI=1S/C33H37N9O2/c1-6-19-40(20-7-1)33(31-38-13-8-14-39-31)32(28-11-4-5-12-35-28,29-23-25-9-2-3-10-26(25)43-29)44-27(30-36-15-16-37-30)24-42(33)41-21-17-34-18-22-41/h2-5,8-16,23,27,34H,1,6-7,17-22,24H2,(H,36,37). The van der Waals surface area contributed by atoms with Gasteiger partial charge in [-0.3, -0.25) is 9.88 Å². The van der Waals surface area contributed by atoms with Gasteiger partial charge in [-0.15, -0.1) is 0 Å². The third-order valence-electron chi connectivity index (χ3n) is 9.27. The molecular weight excluding hydrogens is 554 g/mol. The van der Waals surface area contributed by atoms with Gasteiger partial charge in [-0.1, -0.05) is 30.7 Å². The third kappa shape index (κ3) is 4.30. The van der Waals surface area contributed by atoms with Crippen LogP contribution in [0.4, 0.5) is 0 Å². The average molecular weight is 592 g/mol. The number of piperazine rings is 1. The van der Waals surface area contributed by atoms with Crippen LogP contribution in [0.3, 0.4) is 0 Å². The molecule has 11 nitrogen and oxygen atoms in total. The highest BCUT2D eigenvalue weighted by Crippen LogP contribution is 2.59. The zero-order valence-corrected chi connectivity index (χ0v) is 24.7. The molecule has 3 atom stereocenters. The Morgan fingerprint density at radius 3 is 2.34 bits per heavy atom. The molecule has 11 heteroatoms. The fourth-order valence-corrected chi connectivity index (χ4v) is 7.43. The maximum atomic E-state index is 7.61. The quantitative estimate of drug-likeness (QED) is 0.302. The molecule has 44 heavy (non-hydrogen) atoms. The van der Waals surface area contributed by atoms with Gasteiger partial charge in [0.25, 0.3) is 0 Å². The molecule has 0 radical (unpaired) electrons. The van der Waals surface area contributed by atoms with Crippen LogP contribution in [-0.2, 0) is 16.0 Å². The zero-order chi connectivity index (χ0) is 29.4. The Hall–Kier alpha value is -4.00. The predicted molar refractivity (Wildman–Crippen MR) is 164 cm³/mol. The molecule has 0 aliphatic carbocycles. The number of rotatable bonds is 6. The van der Waals surface area contributed by atoms with E-state index < -0.39 is 17.4 Å². The number of hydrazine groups is 1. The summed E-state index contributed by atoms with van der Waals surface area (Å²) in [5, 5.41) is 9.48. The number of nitrogens with one attached hydrogen (secondary N) is 2. The number of likely N-dealkylation sites (tertiary alicyclic amines) is 1. The van der Waals surface area contributed by atoms with Gasteiger partial charge >= 0.3 is 0 Å². The SMILES string of the molecule is c1ccc(C2(c3cc4ccccc4o3)OC(c3ncc[nH]3)CN(N3CCNCC3)C2(c2ncccn2)N2CCCCC2)nc1. The van der Waals surface area contributed by atoms with Gasteiger partial charge < -0.3 is 19.5 Å². The Kier molecular flexibility index (Phi) is 7.19. The highest BCUT2D eigenvalue weighted by atomic mass is 16.5. The number of furan rings is 1. The number of ether oxygens (including phenoxy) is 1. The summed E-state index contributed by atoms with van der Waals surface area (Å²) in [6.45, 7) is 5.63. The second kappa shape index (κ2) is 11.5. The molecule has 226 valence electrons. The number of piperidine rings is 1. The number of aromatic nitrogens is 5.